The number of furan rings is 1. The first-order valence-electron chi connectivity index (χ1n) is 7.26. The Hall–Kier alpha value is -2.56. The first-order valence-corrected chi connectivity index (χ1v) is 7.26. The predicted molar refractivity (Wildman–Crippen MR) is 80.8 cm³/mol. The lowest BCUT2D eigenvalue weighted by molar-refractivity contribution is -0.121. The number of carbonyl (C=O) groups is 2. The summed E-state index contributed by atoms with van der Waals surface area (Å²) in [5.74, 6) is -0.257. The van der Waals surface area contributed by atoms with E-state index in [1.54, 1.807) is 17.9 Å². The minimum atomic E-state index is -0.537. The number of hydrogen-bond donors (Lipinski definition) is 0. The molecule has 0 unspecified atom stereocenters. The van der Waals surface area contributed by atoms with Gasteiger partial charge in [-0.1, -0.05) is 18.2 Å². The summed E-state index contributed by atoms with van der Waals surface area (Å²) in [5, 5.41) is 0. The van der Waals surface area contributed by atoms with Crippen molar-refractivity contribution in [1.82, 2.24) is 0 Å². The second-order valence-corrected chi connectivity index (χ2v) is 5.24. The van der Waals surface area contributed by atoms with Gasteiger partial charge < -0.3 is 14.1 Å². The van der Waals surface area contributed by atoms with E-state index in [-0.39, 0.29) is 12.5 Å². The topological polar surface area (TPSA) is 59.8 Å². The molecule has 22 heavy (non-hydrogen) atoms. The monoisotopic (exact) mass is 299 g/mol. The fourth-order valence-electron chi connectivity index (χ4n) is 2.67. The van der Waals surface area contributed by atoms with Gasteiger partial charge in [0.1, 0.15) is 11.3 Å². The molecule has 5 nitrogen and oxygen atoms in total. The Morgan fingerprint density at radius 2 is 2.09 bits per heavy atom. The van der Waals surface area contributed by atoms with Crippen LogP contribution in [0.5, 0.6) is 0 Å². The van der Waals surface area contributed by atoms with Gasteiger partial charge in [-0.25, -0.2) is 4.79 Å². The summed E-state index contributed by atoms with van der Waals surface area (Å²) >= 11 is 0. The second kappa shape index (κ2) is 6.05. The summed E-state index contributed by atoms with van der Waals surface area (Å²) in [6.45, 7) is 2.06. The Morgan fingerprint density at radius 3 is 2.86 bits per heavy atom. The Labute approximate surface area is 128 Å². The number of amides is 1. The first kappa shape index (κ1) is 14.4. The number of hydrogen-bond acceptors (Lipinski definition) is 4. The zero-order chi connectivity index (χ0) is 15.5. The van der Waals surface area contributed by atoms with Crippen molar-refractivity contribution in [2.75, 3.05) is 18.1 Å². The lowest BCUT2D eigenvalue weighted by atomic mass is 10.0. The number of benzene rings is 1. The van der Waals surface area contributed by atoms with Gasteiger partial charge in [0.05, 0.1) is 6.26 Å². The van der Waals surface area contributed by atoms with E-state index in [0.29, 0.717) is 17.9 Å². The molecule has 0 saturated heterocycles. The molecule has 0 atom stereocenters. The Kier molecular flexibility index (Phi) is 3.96. The van der Waals surface area contributed by atoms with E-state index in [0.717, 1.165) is 24.1 Å². The minimum Gasteiger partial charge on any atom is -0.469 e. The van der Waals surface area contributed by atoms with Crippen molar-refractivity contribution in [3.05, 3.63) is 53.5 Å². The average molecular weight is 299 g/mol. The number of rotatable bonds is 3. The normalized spacial score (nSPS) is 13.6. The van der Waals surface area contributed by atoms with Crippen molar-refractivity contribution in [1.29, 1.82) is 0 Å². The molecule has 0 aliphatic carbocycles. The van der Waals surface area contributed by atoms with Gasteiger partial charge in [0, 0.05) is 12.2 Å². The number of carbonyl (C=O) groups excluding carboxylic acids is 2. The summed E-state index contributed by atoms with van der Waals surface area (Å²) in [4.78, 5) is 25.9. The van der Waals surface area contributed by atoms with Crippen LogP contribution in [-0.4, -0.2) is 25.0 Å². The average Bonchev–Trinajstić information content (AvgIpc) is 2.98. The van der Waals surface area contributed by atoms with Crippen molar-refractivity contribution < 1.29 is 18.7 Å². The summed E-state index contributed by atoms with van der Waals surface area (Å²) < 4.78 is 10.2. The summed E-state index contributed by atoms with van der Waals surface area (Å²) in [7, 11) is 0. The van der Waals surface area contributed by atoms with Crippen LogP contribution in [-0.2, 0) is 16.0 Å². The third-order valence-electron chi connectivity index (χ3n) is 3.82. The molecular weight excluding hydrogens is 282 g/mol. The van der Waals surface area contributed by atoms with Crippen LogP contribution in [0.3, 0.4) is 0 Å². The van der Waals surface area contributed by atoms with Crippen LogP contribution in [0.1, 0.15) is 28.1 Å². The molecule has 2 heterocycles. The highest BCUT2D eigenvalue weighted by atomic mass is 16.5. The van der Waals surface area contributed by atoms with Crippen LogP contribution in [0, 0.1) is 6.92 Å². The molecule has 114 valence electrons. The molecule has 1 aliphatic rings. The number of nitrogens with zero attached hydrogens (tertiary/aromatic N) is 1. The van der Waals surface area contributed by atoms with Crippen LogP contribution < -0.4 is 4.90 Å². The SMILES string of the molecule is Cc1occc1C(=O)OCC(=O)N1CCCc2ccccc21. The fourth-order valence-corrected chi connectivity index (χ4v) is 2.67. The third kappa shape index (κ3) is 2.74. The fraction of sp³-hybridized carbons (Fsp3) is 0.294. The summed E-state index contributed by atoms with van der Waals surface area (Å²) in [6, 6.07) is 9.36. The molecule has 0 radical (unpaired) electrons. The van der Waals surface area contributed by atoms with E-state index < -0.39 is 5.97 Å². The highest BCUT2D eigenvalue weighted by molar-refractivity contribution is 5.98. The van der Waals surface area contributed by atoms with E-state index in [1.165, 1.54) is 6.26 Å². The minimum absolute atomic E-state index is 0.207. The summed E-state index contributed by atoms with van der Waals surface area (Å²) in [6.07, 6.45) is 3.31. The first-order chi connectivity index (χ1) is 10.7. The van der Waals surface area contributed by atoms with Crippen LogP contribution in [0.2, 0.25) is 0 Å². The molecule has 2 aromatic rings. The zero-order valence-electron chi connectivity index (χ0n) is 12.4. The molecule has 1 aromatic carbocycles. The zero-order valence-corrected chi connectivity index (χ0v) is 12.4. The highest BCUT2D eigenvalue weighted by Gasteiger charge is 2.23. The van der Waals surface area contributed by atoms with Gasteiger partial charge in [-0.2, -0.15) is 0 Å². The molecule has 0 saturated carbocycles. The van der Waals surface area contributed by atoms with Gasteiger partial charge in [-0.3, -0.25) is 4.79 Å². The van der Waals surface area contributed by atoms with Gasteiger partial charge in [-0.15, -0.1) is 0 Å². The molecule has 3 rings (SSSR count). The van der Waals surface area contributed by atoms with Crippen molar-refractivity contribution >= 4 is 17.6 Å². The van der Waals surface area contributed by atoms with E-state index >= 15 is 0 Å². The van der Waals surface area contributed by atoms with Gasteiger partial charge in [0.25, 0.3) is 5.91 Å². The quantitative estimate of drug-likeness (QED) is 0.818. The maximum absolute atomic E-state index is 12.3. The molecule has 0 N–H and O–H groups in total. The van der Waals surface area contributed by atoms with Gasteiger partial charge >= 0.3 is 5.97 Å². The Balaban J connectivity index is 1.66. The highest BCUT2D eigenvalue weighted by Crippen LogP contribution is 2.26. The molecule has 0 bridgehead atoms. The molecule has 5 heteroatoms. The number of esters is 1. The Bertz CT molecular complexity index is 704. The molecule has 0 fully saturated rings. The molecule has 1 amide bonds. The lowest BCUT2D eigenvalue weighted by Crippen LogP contribution is -2.38. The third-order valence-corrected chi connectivity index (χ3v) is 3.82. The Morgan fingerprint density at radius 1 is 1.27 bits per heavy atom. The number of para-hydroxylation sites is 1. The number of fused-ring (bicyclic) bond motifs is 1. The second-order valence-electron chi connectivity index (χ2n) is 5.24. The predicted octanol–water partition coefficient (Wildman–Crippen LogP) is 2.72. The number of ether oxygens (including phenoxy) is 1. The van der Waals surface area contributed by atoms with Crippen molar-refractivity contribution in [2.24, 2.45) is 0 Å². The van der Waals surface area contributed by atoms with Crippen LogP contribution in [0.4, 0.5) is 5.69 Å². The maximum atomic E-state index is 12.3. The molecule has 1 aliphatic heterocycles. The van der Waals surface area contributed by atoms with Crippen molar-refractivity contribution in [2.45, 2.75) is 19.8 Å². The molecule has 0 spiro atoms. The van der Waals surface area contributed by atoms with Crippen LogP contribution in [0.15, 0.2) is 41.0 Å². The lowest BCUT2D eigenvalue weighted by Gasteiger charge is -2.29. The van der Waals surface area contributed by atoms with Crippen molar-refractivity contribution in [3.8, 4) is 0 Å². The van der Waals surface area contributed by atoms with Gasteiger partial charge in [0.2, 0.25) is 0 Å². The smallest absolute Gasteiger partial charge is 0.342 e. The van der Waals surface area contributed by atoms with Gasteiger partial charge in [0.15, 0.2) is 6.61 Å². The van der Waals surface area contributed by atoms with E-state index in [2.05, 4.69) is 0 Å². The molecule has 1 aromatic heterocycles. The standard InChI is InChI=1S/C17H17NO4/c1-12-14(8-10-21-12)17(20)22-11-16(19)18-9-4-6-13-5-2-3-7-15(13)18/h2-3,5,7-8,10H,4,6,9,11H2,1H3. The van der Waals surface area contributed by atoms with E-state index in [4.69, 9.17) is 9.15 Å². The maximum Gasteiger partial charge on any atom is 0.342 e. The number of anilines is 1. The number of aryl methyl sites for hydroxylation is 2. The largest absolute Gasteiger partial charge is 0.469 e. The van der Waals surface area contributed by atoms with E-state index in [9.17, 15) is 9.59 Å². The van der Waals surface area contributed by atoms with Crippen molar-refractivity contribution in [3.63, 3.8) is 0 Å². The molecular formula is C17H17NO4. The van der Waals surface area contributed by atoms with E-state index in [1.807, 2.05) is 24.3 Å². The van der Waals surface area contributed by atoms with Crippen LogP contribution >= 0.6 is 0 Å². The summed E-state index contributed by atoms with van der Waals surface area (Å²) in [5.41, 5.74) is 2.42. The van der Waals surface area contributed by atoms with Crippen LogP contribution in [0.25, 0.3) is 0 Å². The van der Waals surface area contributed by atoms with Gasteiger partial charge in [-0.05, 0) is 37.5 Å².